The minimum Gasteiger partial charge on any atom is -0.352 e. The van der Waals surface area contributed by atoms with Crippen LogP contribution >= 0.6 is 0 Å². The lowest BCUT2D eigenvalue weighted by molar-refractivity contribution is -0.936. The van der Waals surface area contributed by atoms with Crippen molar-refractivity contribution >= 4 is 5.91 Å². The lowest BCUT2D eigenvalue weighted by Crippen LogP contribution is -3.13. The summed E-state index contributed by atoms with van der Waals surface area (Å²) in [6.07, 6.45) is 8.08. The number of carbonyl (C=O) groups excluding carboxylic acids is 1. The van der Waals surface area contributed by atoms with Crippen molar-refractivity contribution < 1.29 is 9.69 Å². The Hall–Kier alpha value is -2.20. The van der Waals surface area contributed by atoms with Gasteiger partial charge in [0, 0.05) is 30.9 Å². The number of hydrogen-bond donors (Lipinski definition) is 2. The highest BCUT2D eigenvalue weighted by atomic mass is 16.1. The van der Waals surface area contributed by atoms with Crippen LogP contribution in [0.15, 0.2) is 54.9 Å². The molecule has 4 nitrogen and oxygen atoms in total. The summed E-state index contributed by atoms with van der Waals surface area (Å²) < 4.78 is 0. The predicted octanol–water partition coefficient (Wildman–Crippen LogP) is 1.90. The SMILES string of the molecule is O=C(CC[NH+]1CCCCC1c1cccnc1)NCc1ccccc1. The number of hydrogen-bond acceptors (Lipinski definition) is 2. The van der Waals surface area contributed by atoms with Crippen LogP contribution in [-0.2, 0) is 11.3 Å². The topological polar surface area (TPSA) is 46.4 Å². The van der Waals surface area contributed by atoms with E-state index in [0.29, 0.717) is 19.0 Å². The second-order valence-corrected chi connectivity index (χ2v) is 6.51. The Morgan fingerprint density at radius 2 is 2.04 bits per heavy atom. The molecule has 1 fully saturated rings. The molecule has 1 aromatic heterocycles. The zero-order valence-electron chi connectivity index (χ0n) is 14.1. The molecular weight excluding hydrogens is 298 g/mol. The number of nitrogens with one attached hydrogen (secondary N) is 2. The summed E-state index contributed by atoms with van der Waals surface area (Å²) >= 11 is 0. The molecule has 2 heterocycles. The summed E-state index contributed by atoms with van der Waals surface area (Å²) in [5, 5.41) is 3.03. The summed E-state index contributed by atoms with van der Waals surface area (Å²) in [7, 11) is 0. The van der Waals surface area contributed by atoms with Gasteiger partial charge in [0.2, 0.25) is 5.91 Å². The molecule has 1 aromatic carbocycles. The lowest BCUT2D eigenvalue weighted by atomic mass is 9.96. The van der Waals surface area contributed by atoms with Crippen molar-refractivity contribution in [2.45, 2.75) is 38.3 Å². The molecule has 2 unspecified atom stereocenters. The Bertz CT molecular complexity index is 630. The highest BCUT2D eigenvalue weighted by Gasteiger charge is 2.27. The molecule has 126 valence electrons. The van der Waals surface area contributed by atoms with Gasteiger partial charge in [-0.25, -0.2) is 0 Å². The molecule has 0 aliphatic carbocycles. The molecule has 4 heteroatoms. The fourth-order valence-electron chi connectivity index (χ4n) is 3.52. The first-order chi connectivity index (χ1) is 11.8. The fraction of sp³-hybridized carbons (Fsp3) is 0.400. The number of pyridine rings is 1. The normalized spacial score (nSPS) is 20.5. The number of carbonyl (C=O) groups is 1. The largest absolute Gasteiger partial charge is 0.352 e. The van der Waals surface area contributed by atoms with Crippen LogP contribution in [0.2, 0.25) is 0 Å². The highest BCUT2D eigenvalue weighted by Crippen LogP contribution is 2.18. The van der Waals surface area contributed by atoms with Gasteiger partial charge in [-0.1, -0.05) is 36.4 Å². The number of likely N-dealkylation sites (tertiary alicyclic amines) is 1. The third-order valence-electron chi connectivity index (χ3n) is 4.83. The Morgan fingerprint density at radius 1 is 1.17 bits per heavy atom. The van der Waals surface area contributed by atoms with Gasteiger partial charge >= 0.3 is 0 Å². The number of aromatic nitrogens is 1. The molecule has 1 saturated heterocycles. The third-order valence-corrected chi connectivity index (χ3v) is 4.83. The van der Waals surface area contributed by atoms with Crippen LogP contribution in [0.4, 0.5) is 0 Å². The van der Waals surface area contributed by atoms with Gasteiger partial charge < -0.3 is 10.2 Å². The molecule has 2 atom stereocenters. The van der Waals surface area contributed by atoms with Crippen LogP contribution in [0.3, 0.4) is 0 Å². The average molecular weight is 324 g/mol. The summed E-state index contributed by atoms with van der Waals surface area (Å²) in [5.41, 5.74) is 2.45. The van der Waals surface area contributed by atoms with Crippen LogP contribution in [0.1, 0.15) is 42.9 Å². The van der Waals surface area contributed by atoms with Crippen molar-refractivity contribution in [3.63, 3.8) is 0 Å². The smallest absolute Gasteiger partial charge is 0.225 e. The molecule has 2 N–H and O–H groups in total. The van der Waals surface area contributed by atoms with Gasteiger partial charge in [0.05, 0.1) is 19.5 Å². The zero-order valence-corrected chi connectivity index (χ0v) is 14.1. The maximum absolute atomic E-state index is 12.2. The summed E-state index contributed by atoms with van der Waals surface area (Å²) in [6.45, 7) is 2.65. The van der Waals surface area contributed by atoms with Crippen molar-refractivity contribution in [3.05, 3.63) is 66.0 Å². The summed E-state index contributed by atoms with van der Waals surface area (Å²) in [5.74, 6) is 0.141. The van der Waals surface area contributed by atoms with E-state index in [-0.39, 0.29) is 5.91 Å². The first-order valence-electron chi connectivity index (χ1n) is 8.88. The minimum absolute atomic E-state index is 0.141. The maximum Gasteiger partial charge on any atom is 0.225 e. The number of benzene rings is 1. The summed E-state index contributed by atoms with van der Waals surface area (Å²) in [4.78, 5) is 17.9. The Balaban J connectivity index is 1.49. The van der Waals surface area contributed by atoms with Crippen molar-refractivity contribution in [1.29, 1.82) is 0 Å². The molecule has 1 amide bonds. The number of piperidine rings is 1. The number of quaternary nitrogens is 1. The van der Waals surface area contributed by atoms with Crippen LogP contribution < -0.4 is 10.2 Å². The van der Waals surface area contributed by atoms with Crippen molar-refractivity contribution in [1.82, 2.24) is 10.3 Å². The zero-order chi connectivity index (χ0) is 16.6. The Kier molecular flexibility index (Phi) is 5.96. The Morgan fingerprint density at radius 3 is 2.83 bits per heavy atom. The molecule has 1 aliphatic rings. The second kappa shape index (κ2) is 8.60. The molecular formula is C20H26N3O+. The standard InChI is InChI=1S/C20H25N3O/c24-20(22-15-17-7-2-1-3-8-17)11-14-23-13-5-4-10-19(23)18-9-6-12-21-16-18/h1-3,6-9,12,16,19H,4-5,10-11,13-15H2,(H,22,24)/p+1. The van der Waals surface area contributed by atoms with Gasteiger partial charge in [0.25, 0.3) is 0 Å². The number of rotatable bonds is 6. The van der Waals surface area contributed by atoms with Gasteiger partial charge in [0.15, 0.2) is 0 Å². The van der Waals surface area contributed by atoms with E-state index in [0.717, 1.165) is 18.7 Å². The third kappa shape index (κ3) is 4.65. The van der Waals surface area contributed by atoms with Crippen LogP contribution in [0, 0.1) is 0 Å². The molecule has 0 bridgehead atoms. The van der Waals surface area contributed by atoms with Crippen molar-refractivity contribution in [2.75, 3.05) is 13.1 Å². The maximum atomic E-state index is 12.2. The van der Waals surface area contributed by atoms with Gasteiger partial charge in [-0.15, -0.1) is 0 Å². The fourth-order valence-corrected chi connectivity index (χ4v) is 3.52. The lowest BCUT2D eigenvalue weighted by Gasteiger charge is -2.32. The van der Waals surface area contributed by atoms with Gasteiger partial charge in [-0.05, 0) is 24.5 Å². The molecule has 0 radical (unpaired) electrons. The minimum atomic E-state index is 0.141. The highest BCUT2D eigenvalue weighted by molar-refractivity contribution is 5.75. The monoisotopic (exact) mass is 324 g/mol. The van der Waals surface area contributed by atoms with Crippen LogP contribution in [-0.4, -0.2) is 24.0 Å². The average Bonchev–Trinajstić information content (AvgIpc) is 2.66. The molecule has 0 spiro atoms. The second-order valence-electron chi connectivity index (χ2n) is 6.51. The quantitative estimate of drug-likeness (QED) is 0.852. The van der Waals surface area contributed by atoms with Gasteiger partial charge in [0.1, 0.15) is 6.04 Å². The van der Waals surface area contributed by atoms with E-state index >= 15 is 0 Å². The van der Waals surface area contributed by atoms with Gasteiger partial charge in [-0.2, -0.15) is 0 Å². The molecule has 1 aliphatic heterocycles. The van der Waals surface area contributed by atoms with E-state index in [1.807, 2.05) is 48.8 Å². The van der Waals surface area contributed by atoms with Gasteiger partial charge in [-0.3, -0.25) is 9.78 Å². The number of nitrogens with zero attached hydrogens (tertiary/aromatic N) is 1. The van der Waals surface area contributed by atoms with Crippen LogP contribution in [0.5, 0.6) is 0 Å². The molecule has 2 aromatic rings. The molecule has 24 heavy (non-hydrogen) atoms. The van der Waals surface area contributed by atoms with E-state index in [1.165, 1.54) is 29.7 Å². The molecule has 3 rings (SSSR count). The Labute approximate surface area is 143 Å². The van der Waals surface area contributed by atoms with Crippen LogP contribution in [0.25, 0.3) is 0 Å². The van der Waals surface area contributed by atoms with Crippen molar-refractivity contribution in [3.8, 4) is 0 Å². The van der Waals surface area contributed by atoms with E-state index in [4.69, 9.17) is 0 Å². The number of amides is 1. The van der Waals surface area contributed by atoms with E-state index in [9.17, 15) is 4.79 Å². The van der Waals surface area contributed by atoms with E-state index in [2.05, 4.69) is 16.4 Å². The summed E-state index contributed by atoms with van der Waals surface area (Å²) in [6, 6.07) is 14.7. The van der Waals surface area contributed by atoms with E-state index in [1.54, 1.807) is 0 Å². The van der Waals surface area contributed by atoms with E-state index < -0.39 is 0 Å². The van der Waals surface area contributed by atoms with Crippen molar-refractivity contribution in [2.24, 2.45) is 0 Å². The first kappa shape index (κ1) is 16.7. The first-order valence-corrected chi connectivity index (χ1v) is 8.88. The molecule has 0 saturated carbocycles. The predicted molar refractivity (Wildman–Crippen MR) is 94.4 cm³/mol.